The predicted octanol–water partition coefficient (Wildman–Crippen LogP) is 2.66. The molecule has 0 radical (unpaired) electrons. The Labute approximate surface area is 252 Å². The number of nitrogens with zero attached hydrogens (tertiary/aromatic N) is 2. The molecule has 4 atom stereocenters. The number of ether oxygens (including phenoxy) is 2. The second-order valence-corrected chi connectivity index (χ2v) is 11.8. The van der Waals surface area contributed by atoms with E-state index >= 15 is 0 Å². The minimum Gasteiger partial charge on any atom is -0.451 e. The van der Waals surface area contributed by atoms with Crippen LogP contribution in [0.5, 0.6) is 0 Å². The number of aryl methyl sites for hydroxylation is 1. The molecule has 0 bridgehead atoms. The number of esters is 1. The van der Waals surface area contributed by atoms with Crippen molar-refractivity contribution in [1.29, 1.82) is 0 Å². The Morgan fingerprint density at radius 1 is 1.21 bits per heavy atom. The first kappa shape index (κ1) is 32.1. The SMILES string of the molecule is CCc1ccc2ccc(/C=C/C3(C(=O)OC(C(=O)NC(C)C(=O)N4CCCC(C(N)=O)N4)C(C)C)CCCOC3)cc2n1. The maximum atomic E-state index is 13.7. The highest BCUT2D eigenvalue weighted by atomic mass is 16.6. The summed E-state index contributed by atoms with van der Waals surface area (Å²) in [6, 6.07) is 8.46. The number of carbonyl (C=O) groups excluding carboxylic acids is 4. The highest BCUT2D eigenvalue weighted by Gasteiger charge is 2.42. The third-order valence-electron chi connectivity index (χ3n) is 8.03. The van der Waals surface area contributed by atoms with Crippen molar-refractivity contribution in [2.24, 2.45) is 17.1 Å². The number of fused-ring (bicyclic) bond motifs is 1. The van der Waals surface area contributed by atoms with Gasteiger partial charge in [-0.1, -0.05) is 51.1 Å². The van der Waals surface area contributed by atoms with Crippen molar-refractivity contribution in [1.82, 2.24) is 20.7 Å². The van der Waals surface area contributed by atoms with Crippen molar-refractivity contribution in [3.05, 3.63) is 47.7 Å². The van der Waals surface area contributed by atoms with Crippen LogP contribution in [0.3, 0.4) is 0 Å². The molecule has 2 fully saturated rings. The van der Waals surface area contributed by atoms with Gasteiger partial charge in [-0.25, -0.2) is 5.43 Å². The summed E-state index contributed by atoms with van der Waals surface area (Å²) >= 11 is 0. The molecule has 4 N–H and O–H groups in total. The number of hydrogen-bond acceptors (Lipinski definition) is 8. The minimum atomic E-state index is -1.13. The van der Waals surface area contributed by atoms with Gasteiger partial charge in [-0.05, 0) is 62.6 Å². The molecule has 3 heterocycles. The van der Waals surface area contributed by atoms with Gasteiger partial charge in [-0.15, -0.1) is 0 Å². The predicted molar refractivity (Wildman–Crippen MR) is 162 cm³/mol. The molecular weight excluding hydrogens is 550 g/mol. The van der Waals surface area contributed by atoms with Crippen molar-refractivity contribution >= 4 is 40.7 Å². The summed E-state index contributed by atoms with van der Waals surface area (Å²) in [5.41, 5.74) is 9.93. The number of hydrazine groups is 1. The normalized spacial score (nSPS) is 22.3. The first-order valence-corrected chi connectivity index (χ1v) is 15.1. The molecule has 11 nitrogen and oxygen atoms in total. The summed E-state index contributed by atoms with van der Waals surface area (Å²) in [5, 5.41) is 5.03. The molecule has 1 aromatic carbocycles. The van der Waals surface area contributed by atoms with Crippen LogP contribution < -0.4 is 16.5 Å². The van der Waals surface area contributed by atoms with Gasteiger partial charge in [0.05, 0.1) is 12.1 Å². The second kappa shape index (κ2) is 14.1. The number of carbonyl (C=O) groups is 4. The maximum absolute atomic E-state index is 13.7. The fourth-order valence-electron chi connectivity index (χ4n) is 5.38. The van der Waals surface area contributed by atoms with Gasteiger partial charge in [0.1, 0.15) is 17.5 Å². The molecule has 0 aliphatic carbocycles. The summed E-state index contributed by atoms with van der Waals surface area (Å²) in [6.07, 6.45) is 5.72. The topological polar surface area (TPSA) is 153 Å². The number of nitrogens with two attached hydrogens (primary N) is 1. The van der Waals surface area contributed by atoms with Gasteiger partial charge in [0, 0.05) is 24.2 Å². The number of nitrogens with one attached hydrogen (secondary N) is 2. The fraction of sp³-hybridized carbons (Fsp3) is 0.531. The Hall–Kier alpha value is -3.83. The maximum Gasteiger partial charge on any atom is 0.319 e. The van der Waals surface area contributed by atoms with E-state index in [9.17, 15) is 19.2 Å². The van der Waals surface area contributed by atoms with Crippen molar-refractivity contribution < 1.29 is 28.7 Å². The summed E-state index contributed by atoms with van der Waals surface area (Å²) in [4.78, 5) is 56.4. The zero-order valence-electron chi connectivity index (χ0n) is 25.4. The lowest BCUT2D eigenvalue weighted by atomic mass is 9.81. The highest BCUT2D eigenvalue weighted by molar-refractivity contribution is 5.91. The van der Waals surface area contributed by atoms with Crippen LogP contribution >= 0.6 is 0 Å². The lowest BCUT2D eigenvalue weighted by molar-refractivity contribution is -0.171. The van der Waals surface area contributed by atoms with Crippen LogP contribution in [0.25, 0.3) is 17.0 Å². The molecule has 4 rings (SSSR count). The quantitative estimate of drug-likeness (QED) is 0.356. The van der Waals surface area contributed by atoms with Gasteiger partial charge < -0.3 is 20.5 Å². The Balaban J connectivity index is 1.47. The molecule has 11 heteroatoms. The van der Waals surface area contributed by atoms with Crippen LogP contribution in [0.4, 0.5) is 0 Å². The second-order valence-electron chi connectivity index (χ2n) is 11.8. The molecule has 4 unspecified atom stereocenters. The van der Waals surface area contributed by atoms with Crippen molar-refractivity contribution in [3.8, 4) is 0 Å². The third-order valence-corrected chi connectivity index (χ3v) is 8.03. The Bertz CT molecular complexity index is 1370. The largest absolute Gasteiger partial charge is 0.451 e. The molecule has 0 spiro atoms. The van der Waals surface area contributed by atoms with E-state index in [4.69, 9.17) is 20.2 Å². The number of pyridine rings is 1. The molecule has 2 aromatic rings. The van der Waals surface area contributed by atoms with Crippen molar-refractivity contribution in [2.45, 2.75) is 78.0 Å². The van der Waals surface area contributed by atoms with Gasteiger partial charge in [0.25, 0.3) is 11.8 Å². The average Bonchev–Trinajstić information content (AvgIpc) is 3.01. The summed E-state index contributed by atoms with van der Waals surface area (Å²) in [5.74, 6) is -2.44. The number of amides is 3. The molecule has 232 valence electrons. The molecular formula is C32H43N5O6. The number of primary amides is 1. The first-order chi connectivity index (χ1) is 20.5. The zero-order chi connectivity index (χ0) is 31.1. The summed E-state index contributed by atoms with van der Waals surface area (Å²) in [6.45, 7) is 8.23. The highest BCUT2D eigenvalue weighted by Crippen LogP contribution is 2.34. The molecule has 1 aromatic heterocycles. The van der Waals surface area contributed by atoms with Crippen LogP contribution in [-0.4, -0.2) is 71.6 Å². The summed E-state index contributed by atoms with van der Waals surface area (Å²) < 4.78 is 11.6. The molecule has 3 amide bonds. The van der Waals surface area contributed by atoms with E-state index in [2.05, 4.69) is 23.7 Å². The average molecular weight is 594 g/mol. The Morgan fingerprint density at radius 3 is 2.65 bits per heavy atom. The van der Waals surface area contributed by atoms with Crippen LogP contribution in [0.1, 0.15) is 64.6 Å². The van der Waals surface area contributed by atoms with E-state index in [1.54, 1.807) is 20.8 Å². The Kier molecular flexibility index (Phi) is 10.5. The van der Waals surface area contributed by atoms with E-state index in [0.717, 1.165) is 28.6 Å². The molecule has 2 saturated heterocycles. The van der Waals surface area contributed by atoms with E-state index < -0.39 is 47.3 Å². The van der Waals surface area contributed by atoms with Gasteiger partial charge >= 0.3 is 5.97 Å². The lowest BCUT2D eigenvalue weighted by Gasteiger charge is -2.35. The molecule has 0 saturated carbocycles. The van der Waals surface area contributed by atoms with E-state index in [1.165, 1.54) is 5.01 Å². The molecule has 2 aliphatic heterocycles. The van der Waals surface area contributed by atoms with Gasteiger partial charge in [0.15, 0.2) is 6.10 Å². The van der Waals surface area contributed by atoms with Crippen LogP contribution in [0, 0.1) is 11.3 Å². The smallest absolute Gasteiger partial charge is 0.319 e. The molecule has 2 aliphatic rings. The molecule has 43 heavy (non-hydrogen) atoms. The Morgan fingerprint density at radius 2 is 1.98 bits per heavy atom. The van der Waals surface area contributed by atoms with E-state index in [-0.39, 0.29) is 12.5 Å². The number of hydrogen-bond donors (Lipinski definition) is 3. The first-order valence-electron chi connectivity index (χ1n) is 15.1. The monoisotopic (exact) mass is 593 g/mol. The van der Waals surface area contributed by atoms with Crippen molar-refractivity contribution in [2.75, 3.05) is 19.8 Å². The number of rotatable bonds is 10. The van der Waals surface area contributed by atoms with Crippen LogP contribution in [0.15, 0.2) is 36.4 Å². The third kappa shape index (κ3) is 7.77. The van der Waals surface area contributed by atoms with Crippen LogP contribution in [0.2, 0.25) is 0 Å². The van der Waals surface area contributed by atoms with Crippen molar-refractivity contribution in [3.63, 3.8) is 0 Å². The summed E-state index contributed by atoms with van der Waals surface area (Å²) in [7, 11) is 0. The number of benzene rings is 1. The fourth-order valence-corrected chi connectivity index (χ4v) is 5.38. The minimum absolute atomic E-state index is 0.136. The van der Waals surface area contributed by atoms with Gasteiger partial charge in [-0.2, -0.15) is 0 Å². The van der Waals surface area contributed by atoms with Gasteiger partial charge in [0.2, 0.25) is 5.91 Å². The standard InChI is InChI=1S/C32H43N5O6/c1-5-24-12-11-23-10-9-22(18-26(23)35-24)13-15-32(14-7-17-42-19-32)31(41)43-27(20(2)3)29(39)34-21(4)30(40)37-16-6-8-25(36-37)28(33)38/h9-13,15,18,20-21,25,27,36H,5-8,14,16-17,19H2,1-4H3,(H2,33,38)(H,34,39)/b15-13+. The van der Waals surface area contributed by atoms with E-state index in [0.29, 0.717) is 38.8 Å². The number of aromatic nitrogens is 1. The van der Waals surface area contributed by atoms with Crippen LogP contribution in [-0.2, 0) is 35.1 Å². The zero-order valence-corrected chi connectivity index (χ0v) is 25.4. The lowest BCUT2D eigenvalue weighted by Crippen LogP contribution is -2.61. The van der Waals surface area contributed by atoms with E-state index in [1.807, 2.05) is 36.4 Å². The van der Waals surface area contributed by atoms with Gasteiger partial charge in [-0.3, -0.25) is 29.2 Å².